The highest BCUT2D eigenvalue weighted by Gasteiger charge is 2.26. The molecule has 0 aliphatic carbocycles. The van der Waals surface area contributed by atoms with Crippen LogP contribution in [0.25, 0.3) is 5.82 Å². The molecule has 0 aliphatic rings. The van der Waals surface area contributed by atoms with Gasteiger partial charge >= 0.3 is 0 Å². The van der Waals surface area contributed by atoms with Gasteiger partial charge in [0.15, 0.2) is 0 Å². The maximum absolute atomic E-state index is 12.4. The number of rotatable bonds is 5. The number of carbonyl (C=O) groups is 1. The van der Waals surface area contributed by atoms with Gasteiger partial charge in [0.1, 0.15) is 11.4 Å². The van der Waals surface area contributed by atoms with Crippen LogP contribution in [0.2, 0.25) is 0 Å². The molecule has 2 N–H and O–H groups in total. The Labute approximate surface area is 118 Å². The molecule has 0 radical (unpaired) electrons. The minimum absolute atomic E-state index is 0.103. The van der Waals surface area contributed by atoms with Gasteiger partial charge in [0.05, 0.1) is 18.3 Å². The number of aryl methyl sites for hydroxylation is 1. The quantitative estimate of drug-likeness (QED) is 0.859. The Hall–Kier alpha value is -2.08. The predicted octanol–water partition coefficient (Wildman–Crippen LogP) is 1.10. The van der Waals surface area contributed by atoms with Gasteiger partial charge in [-0.2, -0.15) is 5.10 Å². The van der Waals surface area contributed by atoms with E-state index in [0.29, 0.717) is 17.8 Å². The molecule has 0 spiro atoms. The Bertz CT molecular complexity index is 582. The molecule has 2 aromatic heterocycles. The van der Waals surface area contributed by atoms with Crippen LogP contribution < -0.4 is 5.32 Å². The van der Waals surface area contributed by atoms with E-state index in [0.717, 1.165) is 0 Å². The molecule has 20 heavy (non-hydrogen) atoms. The zero-order valence-electron chi connectivity index (χ0n) is 12.0. The molecule has 2 aromatic rings. The zero-order valence-corrected chi connectivity index (χ0v) is 12.0. The third-order valence-corrected chi connectivity index (χ3v) is 3.55. The monoisotopic (exact) mass is 276 g/mol. The van der Waals surface area contributed by atoms with Crippen molar-refractivity contribution < 1.29 is 9.90 Å². The van der Waals surface area contributed by atoms with Crippen molar-refractivity contribution in [2.24, 2.45) is 7.05 Å². The highest BCUT2D eigenvalue weighted by Crippen LogP contribution is 2.16. The maximum atomic E-state index is 12.4. The number of nitrogens with zero attached hydrogens (tertiary/aromatic N) is 3. The molecule has 0 aromatic carbocycles. The molecule has 108 valence electrons. The number of aliphatic hydroxyl groups excluding tert-OH is 1. The topological polar surface area (TPSA) is 72.1 Å². The van der Waals surface area contributed by atoms with Gasteiger partial charge in [-0.15, -0.1) is 0 Å². The third kappa shape index (κ3) is 2.60. The van der Waals surface area contributed by atoms with Gasteiger partial charge in [0, 0.05) is 19.4 Å². The molecule has 0 fully saturated rings. The number of nitrogens with one attached hydrogen (secondary N) is 1. The summed E-state index contributed by atoms with van der Waals surface area (Å²) in [5.74, 6) is 0.462. The fraction of sp³-hybridized carbons (Fsp3) is 0.429. The fourth-order valence-corrected chi connectivity index (χ4v) is 1.95. The Morgan fingerprint density at radius 2 is 2.10 bits per heavy atom. The van der Waals surface area contributed by atoms with Gasteiger partial charge in [-0.25, -0.2) is 0 Å². The summed E-state index contributed by atoms with van der Waals surface area (Å²) in [6, 6.07) is 3.77. The number of aliphatic hydroxyl groups is 1. The average molecular weight is 276 g/mol. The SMILES string of the molecule is CCC(C)(CO)NC(=O)c1cnn(C)c1-n1cccc1. The Balaban J connectivity index is 2.33. The van der Waals surface area contributed by atoms with Crippen LogP contribution in [-0.2, 0) is 7.05 Å². The molecule has 0 saturated carbocycles. The first-order chi connectivity index (χ1) is 9.50. The summed E-state index contributed by atoms with van der Waals surface area (Å²) < 4.78 is 3.49. The lowest BCUT2D eigenvalue weighted by Crippen LogP contribution is -2.48. The predicted molar refractivity (Wildman–Crippen MR) is 75.8 cm³/mol. The van der Waals surface area contributed by atoms with Crippen LogP contribution in [0, 0.1) is 0 Å². The summed E-state index contributed by atoms with van der Waals surface area (Å²) in [7, 11) is 1.79. The second-order valence-electron chi connectivity index (χ2n) is 5.12. The van der Waals surface area contributed by atoms with Crippen LogP contribution in [0.15, 0.2) is 30.7 Å². The first-order valence-electron chi connectivity index (χ1n) is 6.59. The van der Waals surface area contributed by atoms with Crippen LogP contribution in [-0.4, -0.2) is 37.5 Å². The van der Waals surface area contributed by atoms with Gasteiger partial charge in [-0.05, 0) is 25.5 Å². The number of amides is 1. The van der Waals surface area contributed by atoms with E-state index in [4.69, 9.17) is 0 Å². The summed E-state index contributed by atoms with van der Waals surface area (Å²) >= 11 is 0. The summed E-state index contributed by atoms with van der Waals surface area (Å²) in [6.45, 7) is 3.64. The van der Waals surface area contributed by atoms with Gasteiger partial charge in [0.25, 0.3) is 5.91 Å². The van der Waals surface area contributed by atoms with E-state index in [9.17, 15) is 9.90 Å². The summed E-state index contributed by atoms with van der Waals surface area (Å²) in [5, 5.41) is 16.4. The molecule has 1 atom stereocenters. The lowest BCUT2D eigenvalue weighted by Gasteiger charge is -2.27. The van der Waals surface area contributed by atoms with Gasteiger partial charge in [-0.3, -0.25) is 9.48 Å². The lowest BCUT2D eigenvalue weighted by atomic mass is 10.00. The van der Waals surface area contributed by atoms with Crippen molar-refractivity contribution in [1.82, 2.24) is 19.7 Å². The number of carbonyl (C=O) groups excluding carboxylic acids is 1. The number of aromatic nitrogens is 3. The zero-order chi connectivity index (χ0) is 14.8. The second kappa shape index (κ2) is 5.50. The average Bonchev–Trinajstić information content (AvgIpc) is 3.07. The van der Waals surface area contributed by atoms with E-state index in [1.165, 1.54) is 6.20 Å². The molecule has 0 bridgehead atoms. The third-order valence-electron chi connectivity index (χ3n) is 3.55. The molecular formula is C14H20N4O2. The normalized spacial score (nSPS) is 14.0. The first-order valence-corrected chi connectivity index (χ1v) is 6.59. The second-order valence-corrected chi connectivity index (χ2v) is 5.12. The fourth-order valence-electron chi connectivity index (χ4n) is 1.95. The Kier molecular flexibility index (Phi) is 3.94. The Morgan fingerprint density at radius 3 is 2.65 bits per heavy atom. The summed E-state index contributed by atoms with van der Waals surface area (Å²) in [4.78, 5) is 12.4. The van der Waals surface area contributed by atoms with Crippen LogP contribution in [0.4, 0.5) is 0 Å². The highest BCUT2D eigenvalue weighted by atomic mass is 16.3. The van der Waals surface area contributed by atoms with Crippen molar-refractivity contribution in [3.8, 4) is 5.82 Å². The van der Waals surface area contributed by atoms with Crippen molar-refractivity contribution in [2.45, 2.75) is 25.8 Å². The molecule has 0 saturated heterocycles. The summed E-state index contributed by atoms with van der Waals surface area (Å²) in [5.41, 5.74) is -0.141. The Morgan fingerprint density at radius 1 is 1.45 bits per heavy atom. The van der Waals surface area contributed by atoms with Crippen molar-refractivity contribution >= 4 is 5.91 Å². The smallest absolute Gasteiger partial charge is 0.257 e. The standard InChI is InChI=1S/C14H20N4O2/c1-4-14(2,10-19)16-12(20)11-9-15-17(3)13(11)18-7-5-6-8-18/h5-9,19H,4,10H2,1-3H3,(H,16,20). The summed E-state index contributed by atoms with van der Waals surface area (Å²) in [6.07, 6.45) is 5.91. The van der Waals surface area contributed by atoms with Gasteiger partial charge in [0.2, 0.25) is 0 Å². The molecule has 1 unspecified atom stereocenters. The molecule has 1 amide bonds. The van der Waals surface area contributed by atoms with E-state index >= 15 is 0 Å². The lowest BCUT2D eigenvalue weighted by molar-refractivity contribution is 0.0847. The number of hydrogen-bond donors (Lipinski definition) is 2. The van der Waals surface area contributed by atoms with Crippen LogP contribution in [0.1, 0.15) is 30.6 Å². The van der Waals surface area contributed by atoms with Gasteiger partial charge < -0.3 is 15.0 Å². The van der Waals surface area contributed by atoms with Crippen molar-refractivity contribution in [3.05, 3.63) is 36.3 Å². The molecule has 2 heterocycles. The van der Waals surface area contributed by atoms with E-state index in [1.807, 2.05) is 42.9 Å². The maximum Gasteiger partial charge on any atom is 0.257 e. The van der Waals surface area contributed by atoms with Crippen LogP contribution >= 0.6 is 0 Å². The van der Waals surface area contributed by atoms with Crippen molar-refractivity contribution in [3.63, 3.8) is 0 Å². The van der Waals surface area contributed by atoms with E-state index in [-0.39, 0.29) is 12.5 Å². The minimum atomic E-state index is -0.624. The van der Waals surface area contributed by atoms with Crippen molar-refractivity contribution in [1.29, 1.82) is 0 Å². The van der Waals surface area contributed by atoms with E-state index in [1.54, 1.807) is 11.7 Å². The molecular weight excluding hydrogens is 256 g/mol. The minimum Gasteiger partial charge on any atom is -0.394 e. The van der Waals surface area contributed by atoms with Crippen LogP contribution in [0.5, 0.6) is 0 Å². The molecule has 0 aliphatic heterocycles. The van der Waals surface area contributed by atoms with Crippen molar-refractivity contribution in [2.75, 3.05) is 6.61 Å². The largest absolute Gasteiger partial charge is 0.394 e. The van der Waals surface area contributed by atoms with Crippen LogP contribution in [0.3, 0.4) is 0 Å². The molecule has 6 nitrogen and oxygen atoms in total. The van der Waals surface area contributed by atoms with E-state index in [2.05, 4.69) is 10.4 Å². The molecule has 6 heteroatoms. The van der Waals surface area contributed by atoms with Gasteiger partial charge in [-0.1, -0.05) is 6.92 Å². The molecule has 2 rings (SSSR count). The highest BCUT2D eigenvalue weighted by molar-refractivity contribution is 5.97. The van der Waals surface area contributed by atoms with E-state index < -0.39 is 5.54 Å². The number of hydrogen-bond acceptors (Lipinski definition) is 3. The first kappa shape index (κ1) is 14.3.